The summed E-state index contributed by atoms with van der Waals surface area (Å²) < 4.78 is 0. The molecule has 1 aliphatic carbocycles. The van der Waals surface area contributed by atoms with E-state index in [2.05, 4.69) is 10.6 Å². The second-order valence-corrected chi connectivity index (χ2v) is 4.80. The predicted octanol–water partition coefficient (Wildman–Crippen LogP) is -0.159. The lowest BCUT2D eigenvalue weighted by Crippen LogP contribution is -2.34. The van der Waals surface area contributed by atoms with Crippen molar-refractivity contribution >= 4 is 5.91 Å². The maximum Gasteiger partial charge on any atom is 0.223 e. The lowest BCUT2D eigenvalue weighted by atomic mass is 9.92. The Hall–Kier alpha value is -0.610. The molecule has 4 nitrogen and oxygen atoms in total. The first-order valence-corrected chi connectivity index (χ1v) is 5.97. The first-order valence-electron chi connectivity index (χ1n) is 5.97. The maximum absolute atomic E-state index is 11.8. The van der Waals surface area contributed by atoms with Crippen molar-refractivity contribution in [3.8, 4) is 0 Å². The highest BCUT2D eigenvalue weighted by Gasteiger charge is 2.57. The third-order valence-corrected chi connectivity index (χ3v) is 3.79. The Bertz CT molecular complexity index is 236. The molecule has 0 bridgehead atoms. The molecule has 0 radical (unpaired) electrons. The van der Waals surface area contributed by atoms with Crippen LogP contribution in [0.1, 0.15) is 25.7 Å². The summed E-state index contributed by atoms with van der Waals surface area (Å²) in [6.45, 7) is 3.54. The normalized spacial score (nSPS) is 27.7. The molecule has 1 heterocycles. The molecule has 2 aliphatic rings. The Labute approximate surface area is 91.0 Å². The fourth-order valence-corrected chi connectivity index (χ4v) is 2.63. The van der Waals surface area contributed by atoms with Gasteiger partial charge >= 0.3 is 0 Å². The van der Waals surface area contributed by atoms with Crippen LogP contribution in [0.5, 0.6) is 0 Å². The van der Waals surface area contributed by atoms with Gasteiger partial charge in [-0.2, -0.15) is 0 Å². The van der Waals surface area contributed by atoms with Gasteiger partial charge in [-0.1, -0.05) is 0 Å². The summed E-state index contributed by atoms with van der Waals surface area (Å²) in [5.41, 5.74) is 5.74. The van der Waals surface area contributed by atoms with Gasteiger partial charge in [0.15, 0.2) is 0 Å². The molecule has 4 heteroatoms. The van der Waals surface area contributed by atoms with E-state index in [0.29, 0.717) is 12.0 Å². The molecular formula is C11H21N3O. The molecule has 0 aromatic carbocycles. The Kier molecular flexibility index (Phi) is 3.26. The number of piperidine rings is 1. The minimum Gasteiger partial charge on any atom is -0.356 e. The summed E-state index contributed by atoms with van der Waals surface area (Å²) in [4.78, 5) is 11.8. The minimum atomic E-state index is 0.255. The van der Waals surface area contributed by atoms with Crippen LogP contribution in [0.4, 0.5) is 0 Å². The number of amides is 1. The van der Waals surface area contributed by atoms with Gasteiger partial charge in [0.05, 0.1) is 0 Å². The smallest absolute Gasteiger partial charge is 0.223 e. The largest absolute Gasteiger partial charge is 0.356 e. The number of rotatable bonds is 4. The third-order valence-electron chi connectivity index (χ3n) is 3.79. The molecule has 1 amide bonds. The Balaban J connectivity index is 1.74. The van der Waals surface area contributed by atoms with Gasteiger partial charge in [0.1, 0.15) is 0 Å². The zero-order valence-corrected chi connectivity index (χ0v) is 9.22. The Morgan fingerprint density at radius 2 is 2.20 bits per heavy atom. The number of carbonyl (C=O) groups excluding carboxylic acids is 1. The van der Waals surface area contributed by atoms with Crippen molar-refractivity contribution in [1.29, 1.82) is 0 Å². The molecule has 2 fully saturated rings. The van der Waals surface area contributed by atoms with Gasteiger partial charge in [-0.15, -0.1) is 0 Å². The zero-order chi connectivity index (χ0) is 10.7. The molecule has 1 atom stereocenters. The lowest BCUT2D eigenvalue weighted by Gasteiger charge is -2.23. The van der Waals surface area contributed by atoms with E-state index in [1.807, 2.05) is 0 Å². The van der Waals surface area contributed by atoms with E-state index in [-0.39, 0.29) is 11.8 Å². The first kappa shape index (κ1) is 10.9. The second-order valence-electron chi connectivity index (χ2n) is 4.80. The van der Waals surface area contributed by atoms with Gasteiger partial charge in [0.2, 0.25) is 5.91 Å². The topological polar surface area (TPSA) is 67.1 Å². The maximum atomic E-state index is 11.8. The number of nitrogens with two attached hydrogens (primary N) is 1. The molecular weight excluding hydrogens is 190 g/mol. The van der Waals surface area contributed by atoms with Gasteiger partial charge in [-0.05, 0) is 50.7 Å². The van der Waals surface area contributed by atoms with Gasteiger partial charge in [-0.3, -0.25) is 4.79 Å². The molecule has 1 saturated carbocycles. The van der Waals surface area contributed by atoms with E-state index in [0.717, 1.165) is 32.5 Å². The quantitative estimate of drug-likeness (QED) is 0.566. The lowest BCUT2D eigenvalue weighted by molar-refractivity contribution is -0.123. The average Bonchev–Trinajstić information content (AvgIpc) is 2.94. The van der Waals surface area contributed by atoms with E-state index < -0.39 is 0 Å². The molecule has 1 unspecified atom stereocenters. The summed E-state index contributed by atoms with van der Waals surface area (Å²) in [5.74, 6) is 0.544. The van der Waals surface area contributed by atoms with Crippen molar-refractivity contribution < 1.29 is 4.79 Å². The van der Waals surface area contributed by atoms with Crippen molar-refractivity contribution in [2.45, 2.75) is 25.7 Å². The highest BCUT2D eigenvalue weighted by molar-refractivity contribution is 5.82. The van der Waals surface area contributed by atoms with Gasteiger partial charge in [-0.25, -0.2) is 0 Å². The van der Waals surface area contributed by atoms with Gasteiger partial charge < -0.3 is 16.4 Å². The van der Waals surface area contributed by atoms with Crippen molar-refractivity contribution in [1.82, 2.24) is 10.6 Å². The van der Waals surface area contributed by atoms with E-state index in [9.17, 15) is 4.79 Å². The van der Waals surface area contributed by atoms with Crippen LogP contribution in [0.15, 0.2) is 0 Å². The molecule has 2 rings (SSSR count). The van der Waals surface area contributed by atoms with Crippen LogP contribution < -0.4 is 16.4 Å². The molecule has 4 N–H and O–H groups in total. The van der Waals surface area contributed by atoms with Crippen LogP contribution in [0.3, 0.4) is 0 Å². The van der Waals surface area contributed by atoms with Crippen molar-refractivity contribution in [3.63, 3.8) is 0 Å². The van der Waals surface area contributed by atoms with Crippen LogP contribution in [0.2, 0.25) is 0 Å². The zero-order valence-electron chi connectivity index (χ0n) is 9.22. The summed E-state index contributed by atoms with van der Waals surface area (Å²) in [5, 5.41) is 6.32. The van der Waals surface area contributed by atoms with Gasteiger partial charge in [0.25, 0.3) is 0 Å². The number of carbonyl (C=O) groups is 1. The van der Waals surface area contributed by atoms with Crippen LogP contribution >= 0.6 is 0 Å². The Morgan fingerprint density at radius 1 is 1.47 bits per heavy atom. The fraction of sp³-hybridized carbons (Fsp3) is 0.909. The molecule has 1 aliphatic heterocycles. The number of hydrogen-bond donors (Lipinski definition) is 3. The van der Waals surface area contributed by atoms with Crippen molar-refractivity contribution in [2.75, 3.05) is 26.2 Å². The van der Waals surface area contributed by atoms with Crippen LogP contribution in [-0.4, -0.2) is 32.1 Å². The van der Waals surface area contributed by atoms with E-state index >= 15 is 0 Å². The highest BCUT2D eigenvalue weighted by atomic mass is 16.2. The summed E-state index contributed by atoms with van der Waals surface area (Å²) in [6.07, 6.45) is 4.32. The monoisotopic (exact) mass is 211 g/mol. The molecule has 86 valence electrons. The molecule has 0 aromatic heterocycles. The number of nitrogens with one attached hydrogen (secondary N) is 2. The van der Waals surface area contributed by atoms with Crippen LogP contribution in [0, 0.1) is 11.3 Å². The fourth-order valence-electron chi connectivity index (χ4n) is 2.63. The van der Waals surface area contributed by atoms with Gasteiger partial charge in [0, 0.05) is 12.5 Å². The molecule has 1 saturated heterocycles. The Morgan fingerprint density at radius 3 is 2.87 bits per heavy atom. The van der Waals surface area contributed by atoms with E-state index in [1.165, 1.54) is 12.8 Å². The summed E-state index contributed by atoms with van der Waals surface area (Å²) >= 11 is 0. The van der Waals surface area contributed by atoms with E-state index in [4.69, 9.17) is 5.73 Å². The summed E-state index contributed by atoms with van der Waals surface area (Å²) in [7, 11) is 0. The number of hydrogen-bond acceptors (Lipinski definition) is 3. The average molecular weight is 211 g/mol. The van der Waals surface area contributed by atoms with E-state index in [1.54, 1.807) is 0 Å². The molecule has 0 aromatic rings. The predicted molar refractivity (Wildman–Crippen MR) is 59.3 cm³/mol. The highest BCUT2D eigenvalue weighted by Crippen LogP contribution is 2.58. The first-order chi connectivity index (χ1) is 7.28. The third kappa shape index (κ3) is 2.32. The SMILES string of the molecule is NCCCNC(=O)C1CC12CCNCC2. The minimum absolute atomic E-state index is 0.255. The van der Waals surface area contributed by atoms with Crippen LogP contribution in [-0.2, 0) is 4.79 Å². The second kappa shape index (κ2) is 4.49. The van der Waals surface area contributed by atoms with Crippen molar-refractivity contribution in [3.05, 3.63) is 0 Å². The van der Waals surface area contributed by atoms with Crippen LogP contribution in [0.25, 0.3) is 0 Å². The van der Waals surface area contributed by atoms with Crippen molar-refractivity contribution in [2.24, 2.45) is 17.1 Å². The standard InChI is InChI=1S/C11H21N3O/c12-4-1-5-14-10(15)9-8-11(9)2-6-13-7-3-11/h9,13H,1-8,12H2,(H,14,15). The molecule has 1 spiro atoms. The molecule has 15 heavy (non-hydrogen) atoms. The summed E-state index contributed by atoms with van der Waals surface area (Å²) in [6, 6.07) is 0.